The lowest BCUT2D eigenvalue weighted by molar-refractivity contribution is 0.214. The van der Waals surface area contributed by atoms with E-state index in [-0.39, 0.29) is 6.04 Å². The molecule has 6 heteroatoms. The highest BCUT2D eigenvalue weighted by Crippen LogP contribution is 2.18. The number of benzene rings is 1. The summed E-state index contributed by atoms with van der Waals surface area (Å²) in [4.78, 5) is 6.99. The Kier molecular flexibility index (Phi) is 6.97. The molecule has 0 amide bonds. The lowest BCUT2D eigenvalue weighted by atomic mass is 9.99. The van der Waals surface area contributed by atoms with Crippen LogP contribution < -0.4 is 10.6 Å². The van der Waals surface area contributed by atoms with Gasteiger partial charge in [0.1, 0.15) is 11.6 Å². The minimum atomic E-state index is -0.564. The first-order valence-electron chi connectivity index (χ1n) is 8.68. The van der Waals surface area contributed by atoms with Crippen LogP contribution in [0.25, 0.3) is 0 Å². The molecule has 1 aliphatic heterocycles. The third kappa shape index (κ3) is 5.44. The van der Waals surface area contributed by atoms with Crippen molar-refractivity contribution in [1.29, 1.82) is 0 Å². The average molecular weight is 338 g/mol. The number of likely N-dealkylation sites (tertiary alicyclic amines) is 1. The molecule has 1 aliphatic rings. The highest BCUT2D eigenvalue weighted by Gasteiger charge is 2.17. The Hall–Kier alpha value is -1.69. The van der Waals surface area contributed by atoms with Gasteiger partial charge >= 0.3 is 0 Å². The minimum Gasteiger partial charge on any atom is -0.357 e. The molecule has 0 aromatic heterocycles. The molecular weight excluding hydrogens is 310 g/mol. The van der Waals surface area contributed by atoms with E-state index in [4.69, 9.17) is 0 Å². The van der Waals surface area contributed by atoms with E-state index in [0.29, 0.717) is 17.4 Å². The van der Waals surface area contributed by atoms with Gasteiger partial charge in [-0.1, -0.05) is 6.07 Å². The molecule has 1 saturated heterocycles. The molecule has 0 aliphatic carbocycles. The van der Waals surface area contributed by atoms with Crippen LogP contribution in [0.1, 0.15) is 38.3 Å². The van der Waals surface area contributed by atoms with Gasteiger partial charge in [0.15, 0.2) is 5.96 Å². The lowest BCUT2D eigenvalue weighted by Crippen LogP contribution is -2.40. The molecule has 1 aromatic carbocycles. The Morgan fingerprint density at radius 2 is 2.21 bits per heavy atom. The molecule has 24 heavy (non-hydrogen) atoms. The van der Waals surface area contributed by atoms with E-state index in [1.54, 1.807) is 0 Å². The second-order valence-electron chi connectivity index (χ2n) is 6.52. The van der Waals surface area contributed by atoms with Gasteiger partial charge in [-0.25, -0.2) is 8.78 Å². The Bertz CT molecular complexity index is 562. The van der Waals surface area contributed by atoms with E-state index in [1.807, 2.05) is 13.8 Å². The van der Waals surface area contributed by atoms with E-state index in [0.717, 1.165) is 32.2 Å². The summed E-state index contributed by atoms with van der Waals surface area (Å²) in [6.07, 6.45) is 2.40. The molecule has 2 unspecified atom stereocenters. The predicted octanol–water partition coefficient (Wildman–Crippen LogP) is 2.92. The van der Waals surface area contributed by atoms with Gasteiger partial charge in [-0.3, -0.25) is 4.99 Å². The molecular formula is C18H28F2N4. The van der Waals surface area contributed by atoms with Crippen LogP contribution in [0.2, 0.25) is 0 Å². The summed E-state index contributed by atoms with van der Waals surface area (Å²) in [6.45, 7) is 7.53. The summed E-state index contributed by atoms with van der Waals surface area (Å²) in [6, 6.07) is 3.37. The third-order valence-electron chi connectivity index (χ3n) is 4.36. The summed E-state index contributed by atoms with van der Waals surface area (Å²) >= 11 is 0. The van der Waals surface area contributed by atoms with Crippen LogP contribution in [0, 0.1) is 17.6 Å². The van der Waals surface area contributed by atoms with E-state index in [2.05, 4.69) is 27.6 Å². The Balaban J connectivity index is 1.99. The number of hydrogen-bond donors (Lipinski definition) is 2. The maximum absolute atomic E-state index is 13.9. The zero-order valence-corrected chi connectivity index (χ0v) is 14.8. The summed E-state index contributed by atoms with van der Waals surface area (Å²) in [5, 5.41) is 6.40. The summed E-state index contributed by atoms with van der Waals surface area (Å²) < 4.78 is 27.0. The van der Waals surface area contributed by atoms with Gasteiger partial charge in [0.25, 0.3) is 0 Å². The Morgan fingerprint density at radius 3 is 2.88 bits per heavy atom. The van der Waals surface area contributed by atoms with Crippen molar-refractivity contribution < 1.29 is 8.78 Å². The van der Waals surface area contributed by atoms with Gasteiger partial charge in [-0.15, -0.1) is 0 Å². The third-order valence-corrected chi connectivity index (χ3v) is 4.36. The maximum Gasteiger partial charge on any atom is 0.191 e. The monoisotopic (exact) mass is 338 g/mol. The normalized spacial score (nSPS) is 20.7. The number of nitrogens with one attached hydrogen (secondary N) is 2. The van der Waals surface area contributed by atoms with Gasteiger partial charge in [0.05, 0.1) is 6.04 Å². The van der Waals surface area contributed by atoms with Crippen LogP contribution in [0.4, 0.5) is 8.78 Å². The fourth-order valence-corrected chi connectivity index (χ4v) is 3.10. The zero-order valence-electron chi connectivity index (χ0n) is 14.8. The van der Waals surface area contributed by atoms with Crippen molar-refractivity contribution in [2.75, 3.05) is 33.2 Å². The van der Waals surface area contributed by atoms with Crippen LogP contribution in [0.5, 0.6) is 0 Å². The first-order chi connectivity index (χ1) is 11.5. The molecule has 0 bridgehead atoms. The molecule has 1 fully saturated rings. The van der Waals surface area contributed by atoms with Crippen molar-refractivity contribution in [3.05, 3.63) is 35.4 Å². The lowest BCUT2D eigenvalue weighted by Gasteiger charge is -2.29. The minimum absolute atomic E-state index is 0.294. The highest BCUT2D eigenvalue weighted by molar-refractivity contribution is 5.80. The fourth-order valence-electron chi connectivity index (χ4n) is 3.10. The van der Waals surface area contributed by atoms with Gasteiger partial charge in [-0.05, 0) is 52.3 Å². The van der Waals surface area contributed by atoms with Gasteiger partial charge in [-0.2, -0.15) is 0 Å². The fraction of sp³-hybridized carbons (Fsp3) is 0.611. The van der Waals surface area contributed by atoms with Crippen LogP contribution in [0.15, 0.2) is 23.2 Å². The van der Waals surface area contributed by atoms with Crippen LogP contribution in [-0.4, -0.2) is 44.1 Å². The number of hydrogen-bond acceptors (Lipinski definition) is 2. The number of piperidine rings is 1. The molecule has 0 saturated carbocycles. The van der Waals surface area contributed by atoms with E-state index in [9.17, 15) is 8.78 Å². The van der Waals surface area contributed by atoms with Crippen LogP contribution >= 0.6 is 0 Å². The topological polar surface area (TPSA) is 39.7 Å². The molecule has 4 nitrogen and oxygen atoms in total. The molecule has 134 valence electrons. The first kappa shape index (κ1) is 18.6. The van der Waals surface area contributed by atoms with Crippen LogP contribution in [-0.2, 0) is 0 Å². The van der Waals surface area contributed by atoms with Crippen molar-refractivity contribution in [1.82, 2.24) is 15.5 Å². The second kappa shape index (κ2) is 8.97. The van der Waals surface area contributed by atoms with Crippen LogP contribution in [0.3, 0.4) is 0 Å². The molecule has 0 spiro atoms. The smallest absolute Gasteiger partial charge is 0.191 e. The van der Waals surface area contributed by atoms with Crippen molar-refractivity contribution in [2.24, 2.45) is 10.9 Å². The molecule has 0 radical (unpaired) electrons. The highest BCUT2D eigenvalue weighted by atomic mass is 19.1. The number of aliphatic imine (C=N–C) groups is 1. The SMILES string of the molecule is CCNC(=NCC1CCCN(C)C1)NC(C)c1ccc(F)cc1F. The Morgan fingerprint density at radius 1 is 1.42 bits per heavy atom. The predicted molar refractivity (Wildman–Crippen MR) is 94.1 cm³/mol. The molecule has 2 atom stereocenters. The molecule has 2 N–H and O–H groups in total. The second-order valence-corrected chi connectivity index (χ2v) is 6.52. The van der Waals surface area contributed by atoms with Gasteiger partial charge < -0.3 is 15.5 Å². The van der Waals surface area contributed by atoms with E-state index >= 15 is 0 Å². The summed E-state index contributed by atoms with van der Waals surface area (Å²) in [5.41, 5.74) is 0.430. The number of rotatable bonds is 5. The number of nitrogens with zero attached hydrogens (tertiary/aromatic N) is 2. The Labute approximate surface area is 143 Å². The van der Waals surface area contributed by atoms with Crippen molar-refractivity contribution in [2.45, 2.75) is 32.7 Å². The molecule has 1 aromatic rings. The van der Waals surface area contributed by atoms with Crippen molar-refractivity contribution in [3.8, 4) is 0 Å². The number of halogens is 2. The average Bonchev–Trinajstić information content (AvgIpc) is 2.52. The van der Waals surface area contributed by atoms with Crippen molar-refractivity contribution in [3.63, 3.8) is 0 Å². The standard InChI is InChI=1S/C18H28F2N4/c1-4-21-18(22-11-14-6-5-9-24(3)12-14)23-13(2)16-8-7-15(19)10-17(16)20/h7-8,10,13-14H,4-6,9,11-12H2,1-3H3,(H2,21,22,23). The van der Waals surface area contributed by atoms with Crippen molar-refractivity contribution >= 4 is 5.96 Å². The first-order valence-corrected chi connectivity index (χ1v) is 8.68. The number of guanidine groups is 1. The van der Waals surface area contributed by atoms with E-state index < -0.39 is 11.6 Å². The quantitative estimate of drug-likeness (QED) is 0.641. The maximum atomic E-state index is 13.9. The van der Waals surface area contributed by atoms with Gasteiger partial charge in [0, 0.05) is 31.3 Å². The molecule has 2 rings (SSSR count). The van der Waals surface area contributed by atoms with Gasteiger partial charge in [0.2, 0.25) is 0 Å². The summed E-state index contributed by atoms with van der Waals surface area (Å²) in [7, 11) is 2.14. The van der Waals surface area contributed by atoms with E-state index in [1.165, 1.54) is 25.0 Å². The molecule has 1 heterocycles. The summed E-state index contributed by atoms with van der Waals surface area (Å²) in [5.74, 6) is 0.115. The zero-order chi connectivity index (χ0) is 17.5. The largest absolute Gasteiger partial charge is 0.357 e.